The molecule has 14 heavy (non-hydrogen) atoms. The Labute approximate surface area is 85.8 Å². The topological polar surface area (TPSA) is 0 Å². The van der Waals surface area contributed by atoms with Crippen LogP contribution in [0.5, 0.6) is 0 Å². The van der Waals surface area contributed by atoms with E-state index in [1.807, 2.05) is 0 Å². The Kier molecular flexibility index (Phi) is 2.95. The van der Waals surface area contributed by atoms with Crippen molar-refractivity contribution < 1.29 is 13.2 Å². The van der Waals surface area contributed by atoms with Crippen LogP contribution in [0.2, 0.25) is 0 Å². The fourth-order valence-electron chi connectivity index (χ4n) is 1.35. The Hall–Kier alpha value is -0.510. The van der Waals surface area contributed by atoms with Crippen LogP contribution >= 0.6 is 11.3 Å². The lowest BCUT2D eigenvalue weighted by Crippen LogP contribution is -2.41. The van der Waals surface area contributed by atoms with Gasteiger partial charge in [-0.05, 0) is 37.8 Å². The number of aryl methyl sites for hydroxylation is 1. The van der Waals surface area contributed by atoms with E-state index in [1.165, 1.54) is 25.2 Å². The highest BCUT2D eigenvalue weighted by molar-refractivity contribution is 7.10. The molecule has 0 aliphatic carbocycles. The monoisotopic (exact) mass is 222 g/mol. The molecular weight excluding hydrogens is 209 g/mol. The second kappa shape index (κ2) is 3.57. The molecule has 0 N–H and O–H groups in total. The molecule has 1 rings (SSSR count). The summed E-state index contributed by atoms with van der Waals surface area (Å²) < 4.78 is 38.9. The number of hydrogen-bond acceptors (Lipinski definition) is 1. The average molecular weight is 222 g/mol. The molecule has 4 heteroatoms. The third-order valence-electron chi connectivity index (χ3n) is 2.51. The Morgan fingerprint density at radius 3 is 2.29 bits per heavy atom. The first kappa shape index (κ1) is 11.6. The number of thiophene rings is 1. The van der Waals surface area contributed by atoms with Gasteiger partial charge in [0, 0.05) is 4.88 Å². The normalized spacial score (nSPS) is 13.3. The maximum atomic E-state index is 13.3. The molecule has 0 aromatic carbocycles. The lowest BCUT2D eigenvalue weighted by atomic mass is 9.83. The second-order valence-corrected chi connectivity index (χ2v) is 4.81. The first-order chi connectivity index (χ1) is 6.33. The summed E-state index contributed by atoms with van der Waals surface area (Å²) >= 11 is 1.25. The summed E-state index contributed by atoms with van der Waals surface area (Å²) in [7, 11) is 0. The van der Waals surface area contributed by atoms with E-state index < -0.39 is 18.0 Å². The van der Waals surface area contributed by atoms with E-state index in [9.17, 15) is 13.2 Å². The molecule has 0 saturated carbocycles. The molecule has 0 bridgehead atoms. The van der Waals surface area contributed by atoms with E-state index in [0.29, 0.717) is 4.88 Å². The first-order valence-electron chi connectivity index (χ1n) is 4.31. The van der Waals surface area contributed by atoms with Gasteiger partial charge in [-0.1, -0.05) is 0 Å². The summed E-state index contributed by atoms with van der Waals surface area (Å²) in [6, 6.07) is 1.77. The molecule has 0 atom stereocenters. The molecule has 0 spiro atoms. The maximum absolute atomic E-state index is 13.3. The van der Waals surface area contributed by atoms with Gasteiger partial charge in [0.05, 0.1) is 5.41 Å². The van der Waals surface area contributed by atoms with Gasteiger partial charge >= 0.3 is 0 Å². The molecule has 0 aliphatic heterocycles. The van der Waals surface area contributed by atoms with Crippen LogP contribution in [0.15, 0.2) is 11.4 Å². The van der Waals surface area contributed by atoms with Crippen molar-refractivity contribution in [2.45, 2.75) is 32.1 Å². The number of hydrogen-bond donors (Lipinski definition) is 0. The summed E-state index contributed by atoms with van der Waals surface area (Å²) in [5.41, 5.74) is -0.631. The van der Waals surface area contributed by atoms with Crippen molar-refractivity contribution in [3.8, 4) is 0 Å². The minimum atomic E-state index is -3.30. The highest BCUT2D eigenvalue weighted by atomic mass is 32.1. The minimum Gasteiger partial charge on any atom is -0.244 e. The number of alkyl halides is 3. The fourth-order valence-corrected chi connectivity index (χ4v) is 2.45. The van der Waals surface area contributed by atoms with E-state index in [0.717, 1.165) is 5.56 Å². The molecule has 80 valence electrons. The summed E-state index contributed by atoms with van der Waals surface area (Å²) in [5, 5.41) is 1.75. The Bertz CT molecular complexity index is 315. The fraction of sp³-hybridized carbons (Fsp3) is 0.600. The summed E-state index contributed by atoms with van der Waals surface area (Å²) in [4.78, 5) is 0.556. The Morgan fingerprint density at radius 1 is 1.36 bits per heavy atom. The van der Waals surface area contributed by atoms with Crippen LogP contribution in [0.1, 0.15) is 24.3 Å². The predicted octanol–water partition coefficient (Wildman–Crippen LogP) is 3.94. The van der Waals surface area contributed by atoms with Gasteiger partial charge in [0.1, 0.15) is 0 Å². The molecule has 0 radical (unpaired) electrons. The molecular formula is C10H13F3S. The zero-order valence-electron chi connectivity index (χ0n) is 8.40. The molecule has 0 nitrogen and oxygen atoms in total. The van der Waals surface area contributed by atoms with Gasteiger partial charge in [-0.2, -0.15) is 0 Å². The molecule has 0 unspecified atom stereocenters. The van der Waals surface area contributed by atoms with E-state index in [2.05, 4.69) is 0 Å². The minimum absolute atomic E-state index is 0.556. The summed E-state index contributed by atoms with van der Waals surface area (Å²) in [5.74, 6) is -3.30. The zero-order chi connectivity index (χ0) is 11.0. The van der Waals surface area contributed by atoms with Crippen molar-refractivity contribution in [2.24, 2.45) is 0 Å². The van der Waals surface area contributed by atoms with Crippen molar-refractivity contribution in [3.05, 3.63) is 21.9 Å². The lowest BCUT2D eigenvalue weighted by molar-refractivity contribution is -0.0815. The first-order valence-corrected chi connectivity index (χ1v) is 5.19. The largest absolute Gasteiger partial charge is 0.285 e. The van der Waals surface area contributed by atoms with Crippen LogP contribution < -0.4 is 0 Å². The third-order valence-corrected chi connectivity index (χ3v) is 3.85. The molecule has 1 heterocycles. The molecule has 1 aromatic rings. The van der Waals surface area contributed by atoms with Crippen LogP contribution in [-0.2, 0) is 5.41 Å². The Morgan fingerprint density at radius 2 is 1.93 bits per heavy atom. The molecule has 0 amide bonds. The predicted molar refractivity (Wildman–Crippen MR) is 53.0 cm³/mol. The van der Waals surface area contributed by atoms with Crippen LogP contribution in [0.25, 0.3) is 0 Å². The molecule has 0 aliphatic rings. The molecule has 0 fully saturated rings. The SMILES string of the molecule is Cc1ccsc1C(C)(C)C(F)(F)CF. The van der Waals surface area contributed by atoms with Crippen molar-refractivity contribution in [1.82, 2.24) is 0 Å². The number of halogens is 3. The third kappa shape index (κ3) is 1.67. The van der Waals surface area contributed by atoms with Gasteiger partial charge in [0.2, 0.25) is 0 Å². The Balaban J connectivity index is 3.14. The van der Waals surface area contributed by atoms with Gasteiger partial charge in [0.25, 0.3) is 5.92 Å². The number of rotatable bonds is 3. The van der Waals surface area contributed by atoms with E-state index >= 15 is 0 Å². The van der Waals surface area contributed by atoms with Crippen molar-refractivity contribution in [2.75, 3.05) is 6.67 Å². The summed E-state index contributed by atoms with van der Waals surface area (Å²) in [6.45, 7) is 2.91. The molecule has 0 saturated heterocycles. The molecule has 1 aromatic heterocycles. The van der Waals surface area contributed by atoms with Crippen molar-refractivity contribution >= 4 is 11.3 Å². The zero-order valence-corrected chi connectivity index (χ0v) is 9.22. The van der Waals surface area contributed by atoms with E-state index in [-0.39, 0.29) is 0 Å². The highest BCUT2D eigenvalue weighted by Crippen LogP contribution is 2.43. The van der Waals surface area contributed by atoms with E-state index in [1.54, 1.807) is 18.4 Å². The second-order valence-electron chi connectivity index (χ2n) is 3.90. The average Bonchev–Trinajstić information content (AvgIpc) is 2.51. The highest BCUT2D eigenvalue weighted by Gasteiger charge is 2.49. The van der Waals surface area contributed by atoms with Crippen LogP contribution in [0, 0.1) is 6.92 Å². The van der Waals surface area contributed by atoms with Crippen LogP contribution in [0.4, 0.5) is 13.2 Å². The van der Waals surface area contributed by atoms with Gasteiger partial charge in [-0.25, -0.2) is 13.2 Å². The quantitative estimate of drug-likeness (QED) is 0.726. The maximum Gasteiger partial charge on any atom is 0.285 e. The van der Waals surface area contributed by atoms with Crippen molar-refractivity contribution in [1.29, 1.82) is 0 Å². The summed E-state index contributed by atoms with van der Waals surface area (Å²) in [6.07, 6.45) is 0. The van der Waals surface area contributed by atoms with Crippen LogP contribution in [0.3, 0.4) is 0 Å². The van der Waals surface area contributed by atoms with Gasteiger partial charge < -0.3 is 0 Å². The van der Waals surface area contributed by atoms with Gasteiger partial charge in [-0.3, -0.25) is 0 Å². The standard InChI is InChI=1S/C10H13F3S/c1-7-4-5-14-8(7)9(2,3)10(12,13)6-11/h4-5H,6H2,1-3H3. The lowest BCUT2D eigenvalue weighted by Gasteiger charge is -2.31. The van der Waals surface area contributed by atoms with Gasteiger partial charge in [-0.15, -0.1) is 11.3 Å². The van der Waals surface area contributed by atoms with E-state index in [4.69, 9.17) is 0 Å². The van der Waals surface area contributed by atoms with Gasteiger partial charge in [0.15, 0.2) is 6.67 Å². The van der Waals surface area contributed by atoms with Crippen LogP contribution in [-0.4, -0.2) is 12.6 Å². The smallest absolute Gasteiger partial charge is 0.244 e. The van der Waals surface area contributed by atoms with Crippen molar-refractivity contribution in [3.63, 3.8) is 0 Å².